The van der Waals surface area contributed by atoms with Crippen LogP contribution in [0.1, 0.15) is 12.8 Å². The van der Waals surface area contributed by atoms with Crippen LogP contribution in [-0.4, -0.2) is 39.5 Å². The number of rotatable bonds is 5. The summed E-state index contributed by atoms with van der Waals surface area (Å²) in [6.07, 6.45) is 0.319. The van der Waals surface area contributed by atoms with Gasteiger partial charge in [-0.3, -0.25) is 0 Å². The Morgan fingerprint density at radius 1 is 0.625 bits per heavy atom. The van der Waals surface area contributed by atoms with Gasteiger partial charge in [0.15, 0.2) is 9.84 Å². The van der Waals surface area contributed by atoms with Gasteiger partial charge in [0.1, 0.15) is 11.6 Å². The van der Waals surface area contributed by atoms with E-state index in [-0.39, 0.29) is 41.5 Å². The molecule has 168 valence electrons. The van der Waals surface area contributed by atoms with E-state index >= 15 is 0 Å². The van der Waals surface area contributed by atoms with E-state index in [4.69, 9.17) is 0 Å². The van der Waals surface area contributed by atoms with Crippen molar-refractivity contribution in [3.05, 3.63) is 84.4 Å². The second-order valence-electron chi connectivity index (χ2n) is 7.63. The molecule has 9 heteroatoms. The Hall–Kier alpha value is -2.62. The van der Waals surface area contributed by atoms with Crippen molar-refractivity contribution in [3.63, 3.8) is 0 Å². The number of benzene rings is 3. The summed E-state index contributed by atoms with van der Waals surface area (Å²) in [6, 6.07) is 16.9. The fraction of sp³-hybridized carbons (Fsp3) is 0.217. The number of hydrogen-bond donors (Lipinski definition) is 0. The third kappa shape index (κ3) is 4.46. The van der Waals surface area contributed by atoms with Crippen LogP contribution in [0.3, 0.4) is 0 Å². The Kier molecular flexibility index (Phi) is 6.15. The Labute approximate surface area is 186 Å². The van der Waals surface area contributed by atoms with Crippen molar-refractivity contribution in [2.75, 3.05) is 13.1 Å². The molecule has 0 aromatic heterocycles. The number of piperidine rings is 1. The summed E-state index contributed by atoms with van der Waals surface area (Å²) in [5.74, 6) is -0.867. The van der Waals surface area contributed by atoms with Gasteiger partial charge in [-0.15, -0.1) is 0 Å². The minimum Gasteiger partial charge on any atom is -0.223 e. The van der Waals surface area contributed by atoms with E-state index in [9.17, 15) is 25.6 Å². The average Bonchev–Trinajstić information content (AvgIpc) is 2.80. The molecule has 0 bridgehead atoms. The van der Waals surface area contributed by atoms with Crippen molar-refractivity contribution in [3.8, 4) is 11.1 Å². The van der Waals surface area contributed by atoms with E-state index in [0.29, 0.717) is 0 Å². The molecule has 1 fully saturated rings. The fourth-order valence-corrected chi connectivity index (χ4v) is 7.01. The van der Waals surface area contributed by atoms with Crippen LogP contribution in [0.25, 0.3) is 11.1 Å². The highest BCUT2D eigenvalue weighted by Crippen LogP contribution is 2.29. The van der Waals surface area contributed by atoms with Crippen LogP contribution in [0.15, 0.2) is 82.6 Å². The predicted molar refractivity (Wildman–Crippen MR) is 117 cm³/mol. The molecule has 0 spiro atoms. The van der Waals surface area contributed by atoms with Crippen LogP contribution in [0.2, 0.25) is 0 Å². The van der Waals surface area contributed by atoms with Gasteiger partial charge in [-0.1, -0.05) is 24.3 Å². The zero-order valence-corrected chi connectivity index (χ0v) is 18.6. The topological polar surface area (TPSA) is 71.5 Å². The van der Waals surface area contributed by atoms with Gasteiger partial charge in [-0.2, -0.15) is 4.31 Å². The second-order valence-corrected chi connectivity index (χ2v) is 11.8. The first-order valence-electron chi connectivity index (χ1n) is 10.0. The molecule has 4 rings (SSSR count). The molecular formula is C23H21F2NO4S2. The predicted octanol–water partition coefficient (Wildman–Crippen LogP) is 4.26. The molecule has 3 aromatic carbocycles. The molecule has 5 nitrogen and oxygen atoms in total. The van der Waals surface area contributed by atoms with E-state index < -0.39 is 30.9 Å². The van der Waals surface area contributed by atoms with Crippen molar-refractivity contribution >= 4 is 19.9 Å². The molecule has 1 aliphatic rings. The van der Waals surface area contributed by atoms with E-state index in [1.54, 1.807) is 24.3 Å². The van der Waals surface area contributed by atoms with E-state index in [2.05, 4.69) is 0 Å². The largest absolute Gasteiger partial charge is 0.243 e. The lowest BCUT2D eigenvalue weighted by Crippen LogP contribution is -2.42. The van der Waals surface area contributed by atoms with Crippen molar-refractivity contribution < 1.29 is 25.6 Å². The zero-order chi connectivity index (χ0) is 22.9. The third-order valence-electron chi connectivity index (χ3n) is 5.65. The summed E-state index contributed by atoms with van der Waals surface area (Å²) < 4.78 is 79.2. The molecule has 3 aromatic rings. The molecule has 0 atom stereocenters. The van der Waals surface area contributed by atoms with Crippen LogP contribution in [-0.2, 0) is 19.9 Å². The molecule has 0 N–H and O–H groups in total. The van der Waals surface area contributed by atoms with Crippen molar-refractivity contribution in [1.82, 2.24) is 4.31 Å². The summed E-state index contributed by atoms with van der Waals surface area (Å²) in [5.41, 5.74) is 1.52. The Bertz CT molecular complexity index is 1300. The van der Waals surface area contributed by atoms with Gasteiger partial charge in [-0.25, -0.2) is 25.6 Å². The van der Waals surface area contributed by atoms with E-state index in [1.807, 2.05) is 0 Å². The first-order valence-corrected chi connectivity index (χ1v) is 13.0. The number of nitrogens with zero attached hydrogens (tertiary/aromatic N) is 1. The van der Waals surface area contributed by atoms with Crippen molar-refractivity contribution in [2.45, 2.75) is 27.9 Å². The average molecular weight is 478 g/mol. The molecule has 0 saturated carbocycles. The number of halogens is 2. The normalized spacial score (nSPS) is 16.2. The summed E-state index contributed by atoms with van der Waals surface area (Å²) >= 11 is 0. The Morgan fingerprint density at radius 2 is 1.03 bits per heavy atom. The zero-order valence-electron chi connectivity index (χ0n) is 17.0. The highest BCUT2D eigenvalue weighted by atomic mass is 32.2. The molecular weight excluding hydrogens is 456 g/mol. The van der Waals surface area contributed by atoms with Gasteiger partial charge in [0.05, 0.1) is 15.0 Å². The lowest BCUT2D eigenvalue weighted by Gasteiger charge is -2.31. The Morgan fingerprint density at radius 3 is 1.53 bits per heavy atom. The maximum Gasteiger partial charge on any atom is 0.243 e. The van der Waals surface area contributed by atoms with Crippen LogP contribution >= 0.6 is 0 Å². The minimum atomic E-state index is -3.78. The van der Waals surface area contributed by atoms with Crippen LogP contribution < -0.4 is 0 Å². The standard InChI is InChI=1S/C23H21F2NO4S2/c24-19-5-1-17(2-6-19)18-3-9-23(10-4-18)32(29,30)26-15-13-22(14-16-26)31(27,28)21-11-7-20(25)8-12-21/h1-12,22H,13-16H2. The summed E-state index contributed by atoms with van der Waals surface area (Å²) in [4.78, 5) is 0.153. The SMILES string of the molecule is O=S(=O)(c1ccc(F)cc1)C1CCN(S(=O)(=O)c2ccc(-c3ccc(F)cc3)cc2)CC1. The second kappa shape index (κ2) is 8.73. The lowest BCUT2D eigenvalue weighted by molar-refractivity contribution is 0.345. The maximum absolute atomic E-state index is 13.1. The molecule has 32 heavy (non-hydrogen) atoms. The molecule has 1 aliphatic heterocycles. The molecule has 0 aliphatic carbocycles. The monoisotopic (exact) mass is 477 g/mol. The van der Waals surface area contributed by atoms with Gasteiger partial charge < -0.3 is 0 Å². The molecule has 0 amide bonds. The van der Waals surface area contributed by atoms with E-state index in [0.717, 1.165) is 23.3 Å². The van der Waals surface area contributed by atoms with Gasteiger partial charge >= 0.3 is 0 Å². The van der Waals surface area contributed by atoms with Crippen LogP contribution in [0, 0.1) is 11.6 Å². The first-order chi connectivity index (χ1) is 15.2. The van der Waals surface area contributed by atoms with Gasteiger partial charge in [0.2, 0.25) is 10.0 Å². The minimum absolute atomic E-state index is 0.0385. The number of hydrogen-bond acceptors (Lipinski definition) is 4. The van der Waals surface area contributed by atoms with E-state index in [1.165, 1.54) is 40.7 Å². The van der Waals surface area contributed by atoms with Gasteiger partial charge in [-0.05, 0) is 72.5 Å². The quantitative estimate of drug-likeness (QED) is 0.515. The highest BCUT2D eigenvalue weighted by Gasteiger charge is 2.35. The number of sulfone groups is 1. The maximum atomic E-state index is 13.1. The smallest absolute Gasteiger partial charge is 0.223 e. The summed E-state index contributed by atoms with van der Waals surface area (Å²) in [5, 5.41) is -0.722. The Balaban J connectivity index is 1.47. The third-order valence-corrected chi connectivity index (χ3v) is 9.84. The molecule has 1 heterocycles. The lowest BCUT2D eigenvalue weighted by atomic mass is 10.1. The van der Waals surface area contributed by atoms with Crippen LogP contribution in [0.4, 0.5) is 8.78 Å². The molecule has 0 unspecified atom stereocenters. The van der Waals surface area contributed by atoms with Crippen LogP contribution in [0.5, 0.6) is 0 Å². The summed E-state index contributed by atoms with van der Waals surface area (Å²) in [7, 11) is -7.44. The van der Waals surface area contributed by atoms with Gasteiger partial charge in [0.25, 0.3) is 0 Å². The summed E-state index contributed by atoms with van der Waals surface area (Å²) in [6.45, 7) is 0.153. The van der Waals surface area contributed by atoms with Crippen molar-refractivity contribution in [1.29, 1.82) is 0 Å². The number of sulfonamides is 1. The van der Waals surface area contributed by atoms with Crippen molar-refractivity contribution in [2.24, 2.45) is 0 Å². The molecule has 0 radical (unpaired) electrons. The van der Waals surface area contributed by atoms with Gasteiger partial charge in [0, 0.05) is 13.1 Å². The highest BCUT2D eigenvalue weighted by molar-refractivity contribution is 7.92. The fourth-order valence-electron chi connectivity index (χ4n) is 3.81. The first kappa shape index (κ1) is 22.6. The molecule has 1 saturated heterocycles.